The van der Waals surface area contributed by atoms with Crippen LogP contribution in [-0.4, -0.2) is 26.1 Å². The summed E-state index contributed by atoms with van der Waals surface area (Å²) < 4.78 is 0. The van der Waals surface area contributed by atoms with Gasteiger partial charge in [-0.05, 0) is 5.21 Å². The fraction of sp³-hybridized carbons (Fsp3) is 0.333. The standard InChI is InChI=1S/C6H9N5O/c1-3-4-11-9-6(8-10-11)7-5(2)12/h3H,1,4H2,2H3,(H,7,9,12). The molecule has 0 radical (unpaired) electrons. The molecule has 0 unspecified atom stereocenters. The van der Waals surface area contributed by atoms with E-state index >= 15 is 0 Å². The zero-order chi connectivity index (χ0) is 8.97. The lowest BCUT2D eigenvalue weighted by molar-refractivity contribution is -0.114. The van der Waals surface area contributed by atoms with E-state index in [-0.39, 0.29) is 11.9 Å². The van der Waals surface area contributed by atoms with Crippen LogP contribution in [0.4, 0.5) is 5.95 Å². The van der Waals surface area contributed by atoms with Crippen LogP contribution < -0.4 is 5.32 Å². The Morgan fingerprint density at radius 2 is 2.58 bits per heavy atom. The maximum atomic E-state index is 10.5. The van der Waals surface area contributed by atoms with Gasteiger partial charge in [-0.1, -0.05) is 11.2 Å². The van der Waals surface area contributed by atoms with Crippen LogP contribution in [0.15, 0.2) is 12.7 Å². The van der Waals surface area contributed by atoms with E-state index in [1.165, 1.54) is 11.7 Å². The third-order valence-electron chi connectivity index (χ3n) is 1.03. The third kappa shape index (κ3) is 2.15. The minimum Gasteiger partial charge on any atom is -0.292 e. The number of nitrogens with one attached hydrogen (secondary N) is 1. The van der Waals surface area contributed by atoms with Crippen molar-refractivity contribution in [3.05, 3.63) is 12.7 Å². The number of hydrogen-bond donors (Lipinski definition) is 1. The molecule has 1 amide bonds. The molecule has 0 aromatic carbocycles. The predicted octanol–water partition coefficient (Wildman–Crippen LogP) is -0.183. The van der Waals surface area contributed by atoms with Gasteiger partial charge in [0.05, 0.1) is 6.54 Å². The first-order valence-electron chi connectivity index (χ1n) is 3.38. The third-order valence-corrected chi connectivity index (χ3v) is 1.03. The highest BCUT2D eigenvalue weighted by Gasteiger charge is 2.01. The first kappa shape index (κ1) is 8.38. The van der Waals surface area contributed by atoms with Gasteiger partial charge in [0.2, 0.25) is 5.91 Å². The highest BCUT2D eigenvalue weighted by Crippen LogP contribution is 1.92. The quantitative estimate of drug-likeness (QED) is 0.633. The summed E-state index contributed by atoms with van der Waals surface area (Å²) in [5.41, 5.74) is 0. The van der Waals surface area contributed by atoms with E-state index in [1.807, 2.05) is 0 Å². The topological polar surface area (TPSA) is 72.7 Å². The van der Waals surface area contributed by atoms with Crippen LogP contribution in [0, 0.1) is 0 Å². The molecule has 1 N–H and O–H groups in total. The summed E-state index contributed by atoms with van der Waals surface area (Å²) in [6.07, 6.45) is 1.64. The summed E-state index contributed by atoms with van der Waals surface area (Å²) in [6, 6.07) is 0. The van der Waals surface area contributed by atoms with E-state index in [0.29, 0.717) is 6.54 Å². The number of carbonyl (C=O) groups is 1. The largest absolute Gasteiger partial charge is 0.292 e. The number of allylic oxidation sites excluding steroid dienone is 1. The Morgan fingerprint density at radius 1 is 1.83 bits per heavy atom. The Morgan fingerprint density at radius 3 is 3.17 bits per heavy atom. The second-order valence-electron chi connectivity index (χ2n) is 2.14. The van der Waals surface area contributed by atoms with Crippen molar-refractivity contribution < 1.29 is 4.79 Å². The Balaban J connectivity index is 2.63. The monoisotopic (exact) mass is 167 g/mol. The molecule has 0 bridgehead atoms. The lowest BCUT2D eigenvalue weighted by Gasteiger charge is -1.90. The Kier molecular flexibility index (Phi) is 2.52. The molecule has 0 fully saturated rings. The molecule has 12 heavy (non-hydrogen) atoms. The predicted molar refractivity (Wildman–Crippen MR) is 42.3 cm³/mol. The number of rotatable bonds is 3. The number of carbonyl (C=O) groups excluding carboxylic acids is 1. The van der Waals surface area contributed by atoms with E-state index in [0.717, 1.165) is 0 Å². The normalized spacial score (nSPS) is 9.42. The Hall–Kier alpha value is -1.72. The SMILES string of the molecule is C=CCn1nnc(NC(C)=O)n1. The van der Waals surface area contributed by atoms with Crippen LogP contribution >= 0.6 is 0 Å². The van der Waals surface area contributed by atoms with Crippen LogP contribution in [0.1, 0.15) is 6.92 Å². The number of amides is 1. The molecule has 1 aromatic heterocycles. The van der Waals surface area contributed by atoms with Crippen LogP contribution in [-0.2, 0) is 11.3 Å². The van der Waals surface area contributed by atoms with Crippen LogP contribution in [0.5, 0.6) is 0 Å². The van der Waals surface area contributed by atoms with Gasteiger partial charge in [0, 0.05) is 6.92 Å². The van der Waals surface area contributed by atoms with Gasteiger partial charge in [-0.2, -0.15) is 4.80 Å². The molecule has 0 aliphatic rings. The Labute approximate surface area is 69.3 Å². The van der Waals surface area contributed by atoms with Gasteiger partial charge in [-0.25, -0.2) is 0 Å². The molecular weight excluding hydrogens is 158 g/mol. The van der Waals surface area contributed by atoms with Crippen LogP contribution in [0.25, 0.3) is 0 Å². The fourth-order valence-corrected chi connectivity index (χ4v) is 0.644. The minimum absolute atomic E-state index is 0.212. The van der Waals surface area contributed by atoms with E-state index in [9.17, 15) is 4.79 Å². The molecule has 0 saturated carbocycles. The average molecular weight is 167 g/mol. The van der Waals surface area contributed by atoms with Gasteiger partial charge in [0.1, 0.15) is 0 Å². The van der Waals surface area contributed by atoms with Crippen molar-refractivity contribution in [2.45, 2.75) is 13.5 Å². The maximum absolute atomic E-state index is 10.5. The second kappa shape index (κ2) is 3.61. The van der Waals surface area contributed by atoms with Crippen LogP contribution in [0.3, 0.4) is 0 Å². The lowest BCUT2D eigenvalue weighted by atomic mass is 10.7. The van der Waals surface area contributed by atoms with Gasteiger partial charge in [-0.3, -0.25) is 10.1 Å². The molecule has 0 aliphatic carbocycles. The second-order valence-corrected chi connectivity index (χ2v) is 2.14. The van der Waals surface area contributed by atoms with Crippen molar-refractivity contribution in [3.8, 4) is 0 Å². The van der Waals surface area contributed by atoms with E-state index < -0.39 is 0 Å². The van der Waals surface area contributed by atoms with Gasteiger partial charge < -0.3 is 0 Å². The molecule has 1 rings (SSSR count). The highest BCUT2D eigenvalue weighted by atomic mass is 16.1. The van der Waals surface area contributed by atoms with Crippen molar-refractivity contribution >= 4 is 11.9 Å². The summed E-state index contributed by atoms with van der Waals surface area (Å²) in [6.45, 7) is 5.37. The molecule has 6 nitrogen and oxygen atoms in total. The van der Waals surface area contributed by atoms with Crippen molar-refractivity contribution in [1.29, 1.82) is 0 Å². The van der Waals surface area contributed by atoms with Gasteiger partial charge in [-0.15, -0.1) is 11.7 Å². The van der Waals surface area contributed by atoms with Crippen molar-refractivity contribution in [2.24, 2.45) is 0 Å². The first-order chi connectivity index (χ1) is 5.72. The van der Waals surface area contributed by atoms with Crippen molar-refractivity contribution in [2.75, 3.05) is 5.32 Å². The average Bonchev–Trinajstić information content (AvgIpc) is 2.36. The van der Waals surface area contributed by atoms with Gasteiger partial charge in [0.15, 0.2) is 0 Å². The number of aromatic nitrogens is 4. The Bertz CT molecular complexity index is 292. The zero-order valence-electron chi connectivity index (χ0n) is 6.69. The summed E-state index contributed by atoms with van der Waals surface area (Å²) in [5.74, 6) is -0.00231. The molecule has 1 heterocycles. The van der Waals surface area contributed by atoms with E-state index in [2.05, 4.69) is 27.3 Å². The number of anilines is 1. The molecule has 0 spiro atoms. The number of hydrogen-bond acceptors (Lipinski definition) is 4. The van der Waals surface area contributed by atoms with Crippen LogP contribution in [0.2, 0.25) is 0 Å². The minimum atomic E-state index is -0.215. The maximum Gasteiger partial charge on any atom is 0.270 e. The zero-order valence-corrected chi connectivity index (χ0v) is 6.69. The fourth-order valence-electron chi connectivity index (χ4n) is 0.644. The van der Waals surface area contributed by atoms with E-state index in [1.54, 1.807) is 6.08 Å². The molecule has 0 atom stereocenters. The van der Waals surface area contributed by atoms with Gasteiger partial charge >= 0.3 is 0 Å². The molecule has 0 saturated heterocycles. The first-order valence-corrected chi connectivity index (χ1v) is 3.38. The lowest BCUT2D eigenvalue weighted by Crippen LogP contribution is -2.07. The van der Waals surface area contributed by atoms with Crippen molar-refractivity contribution in [3.63, 3.8) is 0 Å². The highest BCUT2D eigenvalue weighted by molar-refractivity contribution is 5.86. The molecule has 6 heteroatoms. The summed E-state index contributed by atoms with van der Waals surface area (Å²) in [5, 5.41) is 13.5. The summed E-state index contributed by atoms with van der Waals surface area (Å²) in [4.78, 5) is 11.9. The smallest absolute Gasteiger partial charge is 0.270 e. The van der Waals surface area contributed by atoms with E-state index in [4.69, 9.17) is 0 Å². The number of nitrogens with zero attached hydrogens (tertiary/aromatic N) is 4. The van der Waals surface area contributed by atoms with Gasteiger partial charge in [0.25, 0.3) is 5.95 Å². The molecule has 0 aliphatic heterocycles. The molecular formula is C6H9N5O. The molecule has 1 aromatic rings. The number of tetrazole rings is 1. The summed E-state index contributed by atoms with van der Waals surface area (Å²) >= 11 is 0. The van der Waals surface area contributed by atoms with Crippen molar-refractivity contribution in [1.82, 2.24) is 20.2 Å². The summed E-state index contributed by atoms with van der Waals surface area (Å²) in [7, 11) is 0. The molecule has 64 valence electrons.